The van der Waals surface area contributed by atoms with Crippen molar-refractivity contribution in [3.05, 3.63) is 28.7 Å². The molecule has 1 aromatic carbocycles. The van der Waals surface area contributed by atoms with Crippen LogP contribution in [0.2, 0.25) is 0 Å². The number of halogens is 1. The molecule has 0 fully saturated rings. The lowest BCUT2D eigenvalue weighted by Crippen LogP contribution is -2.15. The molecule has 0 aromatic heterocycles. The zero-order valence-electron chi connectivity index (χ0n) is 9.15. The minimum Gasteiger partial charge on any atom is -0.494 e. The lowest BCUT2D eigenvalue weighted by Gasteiger charge is -2.10. The molecule has 4 heteroatoms. The summed E-state index contributed by atoms with van der Waals surface area (Å²) in [5.41, 5.74) is 0. The van der Waals surface area contributed by atoms with Gasteiger partial charge in [-0.1, -0.05) is 22.9 Å². The van der Waals surface area contributed by atoms with Crippen LogP contribution in [0.4, 0.5) is 0 Å². The highest BCUT2D eigenvalue weighted by Crippen LogP contribution is 2.17. The maximum Gasteiger partial charge on any atom is 0.306 e. The van der Waals surface area contributed by atoms with Crippen LogP contribution >= 0.6 is 15.9 Å². The van der Waals surface area contributed by atoms with Crippen LogP contribution in [-0.4, -0.2) is 17.7 Å². The minimum atomic E-state index is -0.748. The second kappa shape index (κ2) is 6.53. The van der Waals surface area contributed by atoms with E-state index in [4.69, 9.17) is 9.84 Å². The zero-order valence-corrected chi connectivity index (χ0v) is 10.7. The van der Waals surface area contributed by atoms with Crippen molar-refractivity contribution in [3.63, 3.8) is 0 Å². The third-order valence-corrected chi connectivity index (χ3v) is 2.92. The molecule has 16 heavy (non-hydrogen) atoms. The van der Waals surface area contributed by atoms with Crippen molar-refractivity contribution in [1.82, 2.24) is 0 Å². The predicted octanol–water partition coefficient (Wildman–Crippen LogP) is 3.33. The van der Waals surface area contributed by atoms with E-state index < -0.39 is 5.97 Å². The highest BCUT2D eigenvalue weighted by atomic mass is 79.9. The molecule has 1 N–H and O–H groups in total. The monoisotopic (exact) mass is 286 g/mol. The van der Waals surface area contributed by atoms with Crippen LogP contribution < -0.4 is 4.74 Å². The van der Waals surface area contributed by atoms with Gasteiger partial charge < -0.3 is 9.84 Å². The number of hydrogen-bond acceptors (Lipinski definition) is 2. The van der Waals surface area contributed by atoms with Crippen molar-refractivity contribution in [2.45, 2.75) is 19.8 Å². The first kappa shape index (κ1) is 13.0. The Labute approximate surface area is 104 Å². The summed E-state index contributed by atoms with van der Waals surface area (Å²) < 4.78 is 6.46. The van der Waals surface area contributed by atoms with Crippen molar-refractivity contribution in [1.29, 1.82) is 0 Å². The van der Waals surface area contributed by atoms with Crippen molar-refractivity contribution in [3.8, 4) is 5.75 Å². The Balaban J connectivity index is 2.35. The van der Waals surface area contributed by atoms with E-state index in [2.05, 4.69) is 15.9 Å². The Kier molecular flexibility index (Phi) is 5.32. The van der Waals surface area contributed by atoms with Gasteiger partial charge in [-0.15, -0.1) is 0 Å². The molecule has 0 bridgehead atoms. The number of ether oxygens (including phenoxy) is 1. The molecule has 0 aliphatic heterocycles. The fourth-order valence-corrected chi connectivity index (χ4v) is 1.62. The zero-order chi connectivity index (χ0) is 12.0. The van der Waals surface area contributed by atoms with Crippen molar-refractivity contribution in [2.24, 2.45) is 5.92 Å². The van der Waals surface area contributed by atoms with Crippen LogP contribution in [0.1, 0.15) is 19.8 Å². The number of carbonyl (C=O) groups is 1. The number of aliphatic carboxylic acids is 1. The number of hydrogen-bond donors (Lipinski definition) is 1. The van der Waals surface area contributed by atoms with Gasteiger partial charge in [-0.2, -0.15) is 0 Å². The van der Waals surface area contributed by atoms with Gasteiger partial charge in [-0.05, 0) is 37.1 Å². The molecule has 0 saturated carbocycles. The van der Waals surface area contributed by atoms with Crippen LogP contribution in [0.3, 0.4) is 0 Å². The molecule has 1 rings (SSSR count). The van der Waals surface area contributed by atoms with Gasteiger partial charge in [0.05, 0.1) is 12.5 Å². The normalized spacial score (nSPS) is 12.1. The highest BCUT2D eigenvalue weighted by molar-refractivity contribution is 9.10. The summed E-state index contributed by atoms with van der Waals surface area (Å²) in [6, 6.07) is 7.49. The molecule has 0 saturated heterocycles. The number of carboxylic acids is 1. The van der Waals surface area contributed by atoms with Gasteiger partial charge in [-0.3, -0.25) is 4.79 Å². The second-order valence-electron chi connectivity index (χ2n) is 3.53. The van der Waals surface area contributed by atoms with Crippen molar-refractivity contribution < 1.29 is 14.6 Å². The molecule has 0 spiro atoms. The Hall–Kier alpha value is -1.03. The first-order chi connectivity index (χ1) is 7.63. The largest absolute Gasteiger partial charge is 0.494 e. The molecular formula is C12H15BrO3. The Bertz CT molecular complexity index is 335. The van der Waals surface area contributed by atoms with E-state index in [1.807, 2.05) is 31.2 Å². The van der Waals surface area contributed by atoms with E-state index in [1.165, 1.54) is 0 Å². The molecule has 1 aromatic rings. The lowest BCUT2D eigenvalue weighted by atomic mass is 10.0. The Morgan fingerprint density at radius 2 is 2.06 bits per heavy atom. The quantitative estimate of drug-likeness (QED) is 0.873. The smallest absolute Gasteiger partial charge is 0.306 e. The topological polar surface area (TPSA) is 46.5 Å². The van der Waals surface area contributed by atoms with Crippen LogP contribution in [0, 0.1) is 5.92 Å². The third-order valence-electron chi connectivity index (χ3n) is 2.39. The van der Waals surface area contributed by atoms with Crippen LogP contribution in [0.5, 0.6) is 5.75 Å². The van der Waals surface area contributed by atoms with E-state index >= 15 is 0 Å². The van der Waals surface area contributed by atoms with Gasteiger partial charge in [0.1, 0.15) is 5.75 Å². The summed E-state index contributed by atoms with van der Waals surface area (Å²) in [6.45, 7) is 2.31. The SMILES string of the molecule is CCC(CCOc1ccc(Br)cc1)C(=O)O. The van der Waals surface area contributed by atoms with Gasteiger partial charge in [0.15, 0.2) is 0 Å². The van der Waals surface area contributed by atoms with Crippen molar-refractivity contribution in [2.75, 3.05) is 6.61 Å². The molecule has 0 radical (unpaired) electrons. The Morgan fingerprint density at radius 3 is 2.56 bits per heavy atom. The van der Waals surface area contributed by atoms with Gasteiger partial charge in [0.25, 0.3) is 0 Å². The highest BCUT2D eigenvalue weighted by Gasteiger charge is 2.14. The van der Waals surface area contributed by atoms with Crippen LogP contribution in [0.15, 0.2) is 28.7 Å². The average Bonchev–Trinajstić information content (AvgIpc) is 2.26. The first-order valence-electron chi connectivity index (χ1n) is 5.24. The summed E-state index contributed by atoms with van der Waals surface area (Å²) in [4.78, 5) is 10.8. The summed E-state index contributed by atoms with van der Waals surface area (Å²) in [7, 11) is 0. The maximum absolute atomic E-state index is 10.8. The molecule has 3 nitrogen and oxygen atoms in total. The standard InChI is InChI=1S/C12H15BrO3/c1-2-9(12(14)15)7-8-16-11-5-3-10(13)4-6-11/h3-6,9H,2,7-8H2,1H3,(H,14,15). The minimum absolute atomic E-state index is 0.310. The van der Waals surface area contributed by atoms with E-state index in [1.54, 1.807) is 0 Å². The molecule has 0 heterocycles. The third kappa shape index (κ3) is 4.23. The predicted molar refractivity (Wildman–Crippen MR) is 65.7 cm³/mol. The summed E-state index contributed by atoms with van der Waals surface area (Å²) in [6.07, 6.45) is 1.18. The summed E-state index contributed by atoms with van der Waals surface area (Å²) in [5, 5.41) is 8.85. The second-order valence-corrected chi connectivity index (χ2v) is 4.45. The number of benzene rings is 1. The first-order valence-corrected chi connectivity index (χ1v) is 6.04. The van der Waals surface area contributed by atoms with Crippen molar-refractivity contribution >= 4 is 21.9 Å². The average molecular weight is 287 g/mol. The lowest BCUT2D eigenvalue weighted by molar-refractivity contribution is -0.142. The fourth-order valence-electron chi connectivity index (χ4n) is 1.35. The molecule has 0 amide bonds. The molecule has 88 valence electrons. The fraction of sp³-hybridized carbons (Fsp3) is 0.417. The van der Waals surface area contributed by atoms with Gasteiger partial charge in [-0.25, -0.2) is 0 Å². The van der Waals surface area contributed by atoms with Crippen LogP contribution in [0.25, 0.3) is 0 Å². The maximum atomic E-state index is 10.8. The van der Waals surface area contributed by atoms with E-state index in [0.717, 1.165) is 10.2 Å². The van der Waals surface area contributed by atoms with E-state index in [-0.39, 0.29) is 5.92 Å². The number of carboxylic acid groups (broad SMARTS) is 1. The van der Waals surface area contributed by atoms with Gasteiger partial charge in [0, 0.05) is 4.47 Å². The molecular weight excluding hydrogens is 272 g/mol. The molecule has 0 aliphatic rings. The van der Waals surface area contributed by atoms with Crippen LogP contribution in [-0.2, 0) is 4.79 Å². The van der Waals surface area contributed by atoms with Gasteiger partial charge in [0.2, 0.25) is 0 Å². The molecule has 1 unspecified atom stereocenters. The van der Waals surface area contributed by atoms with E-state index in [0.29, 0.717) is 19.4 Å². The molecule has 1 atom stereocenters. The summed E-state index contributed by atoms with van der Waals surface area (Å²) >= 11 is 3.33. The van der Waals surface area contributed by atoms with E-state index in [9.17, 15) is 4.79 Å². The number of rotatable bonds is 6. The van der Waals surface area contributed by atoms with Gasteiger partial charge >= 0.3 is 5.97 Å². The summed E-state index contributed by atoms with van der Waals surface area (Å²) in [5.74, 6) is -0.291. The molecule has 0 aliphatic carbocycles. The Morgan fingerprint density at radius 1 is 1.44 bits per heavy atom.